The van der Waals surface area contributed by atoms with E-state index in [1.165, 1.54) is 0 Å². The molecule has 0 aromatic rings. The van der Waals surface area contributed by atoms with Crippen molar-refractivity contribution in [2.45, 2.75) is 18.8 Å². The molecular formula is C6H12ClNO3. The molecular weight excluding hydrogens is 170 g/mol. The van der Waals surface area contributed by atoms with E-state index in [0.29, 0.717) is 13.0 Å². The monoisotopic (exact) mass is 181 g/mol. The maximum absolute atomic E-state index is 10.6. The Labute approximate surface area is 70.5 Å². The molecule has 1 atom stereocenters. The van der Waals surface area contributed by atoms with Gasteiger partial charge in [-0.15, -0.1) is 0 Å². The van der Waals surface area contributed by atoms with Crippen LogP contribution in [0.2, 0.25) is 0 Å². The van der Waals surface area contributed by atoms with E-state index in [9.17, 15) is 4.79 Å². The molecule has 0 aromatic carbocycles. The molecule has 0 spiro atoms. The van der Waals surface area contributed by atoms with Gasteiger partial charge < -0.3 is 15.2 Å². The minimum Gasteiger partial charge on any atom is -0.450 e. The van der Waals surface area contributed by atoms with Gasteiger partial charge in [0.2, 0.25) is 0 Å². The fourth-order valence-electron chi connectivity index (χ4n) is 0.486. The summed E-state index contributed by atoms with van der Waals surface area (Å²) in [5.74, 6) is 0. The van der Waals surface area contributed by atoms with E-state index < -0.39 is 11.6 Å². The number of halogens is 1. The quantitative estimate of drug-likeness (QED) is 0.495. The first kappa shape index (κ1) is 10.5. The second kappa shape index (κ2) is 6.24. The standard InChI is InChI=1S/C6H12ClNO3/c1-2-11-6(10)8-5(7)3-4-9/h5,9H,2-4H2,1H3,(H,8,10). The van der Waals surface area contributed by atoms with Crippen LogP contribution in [0.1, 0.15) is 13.3 Å². The Bertz CT molecular complexity index is 120. The number of rotatable bonds is 4. The number of aliphatic hydroxyl groups excluding tert-OH is 1. The Morgan fingerprint density at radius 3 is 2.91 bits per heavy atom. The molecule has 0 aliphatic rings. The van der Waals surface area contributed by atoms with Gasteiger partial charge in [-0.05, 0) is 6.92 Å². The fourth-order valence-corrected chi connectivity index (χ4v) is 0.673. The molecule has 0 saturated carbocycles. The van der Waals surface area contributed by atoms with Crippen molar-refractivity contribution in [1.29, 1.82) is 0 Å². The Kier molecular flexibility index (Phi) is 5.97. The largest absolute Gasteiger partial charge is 0.450 e. The summed E-state index contributed by atoms with van der Waals surface area (Å²) >= 11 is 5.54. The van der Waals surface area contributed by atoms with Crippen LogP contribution in [0.4, 0.5) is 4.79 Å². The van der Waals surface area contributed by atoms with Gasteiger partial charge in [-0.2, -0.15) is 0 Å². The number of nitrogens with one attached hydrogen (secondary N) is 1. The van der Waals surface area contributed by atoms with Gasteiger partial charge in [0.25, 0.3) is 0 Å². The van der Waals surface area contributed by atoms with E-state index in [2.05, 4.69) is 10.1 Å². The summed E-state index contributed by atoms with van der Waals surface area (Å²) in [4.78, 5) is 10.6. The molecule has 66 valence electrons. The van der Waals surface area contributed by atoms with E-state index in [1.54, 1.807) is 6.92 Å². The highest BCUT2D eigenvalue weighted by atomic mass is 35.5. The Morgan fingerprint density at radius 2 is 2.45 bits per heavy atom. The molecule has 11 heavy (non-hydrogen) atoms. The lowest BCUT2D eigenvalue weighted by molar-refractivity contribution is 0.149. The van der Waals surface area contributed by atoms with E-state index in [1.807, 2.05) is 0 Å². The Balaban J connectivity index is 3.40. The zero-order valence-electron chi connectivity index (χ0n) is 6.34. The summed E-state index contributed by atoms with van der Waals surface area (Å²) in [7, 11) is 0. The van der Waals surface area contributed by atoms with Crippen molar-refractivity contribution in [1.82, 2.24) is 5.32 Å². The predicted molar refractivity (Wildman–Crippen MR) is 41.5 cm³/mol. The van der Waals surface area contributed by atoms with Crippen LogP contribution >= 0.6 is 11.6 Å². The fraction of sp³-hybridized carbons (Fsp3) is 0.833. The summed E-state index contributed by atoms with van der Waals surface area (Å²) < 4.78 is 4.54. The number of hydrogen-bond acceptors (Lipinski definition) is 3. The summed E-state index contributed by atoms with van der Waals surface area (Å²) in [5, 5.41) is 10.7. The molecule has 0 aliphatic heterocycles. The lowest BCUT2D eigenvalue weighted by Gasteiger charge is -2.09. The van der Waals surface area contributed by atoms with Crippen LogP contribution in [0.3, 0.4) is 0 Å². The highest BCUT2D eigenvalue weighted by Gasteiger charge is 2.07. The normalized spacial score (nSPS) is 12.3. The third-order valence-electron chi connectivity index (χ3n) is 0.932. The molecule has 0 rings (SSSR count). The van der Waals surface area contributed by atoms with Crippen molar-refractivity contribution in [2.24, 2.45) is 0 Å². The highest BCUT2D eigenvalue weighted by Crippen LogP contribution is 1.96. The number of ether oxygens (including phenoxy) is 1. The molecule has 5 heteroatoms. The average Bonchev–Trinajstić information content (AvgIpc) is 1.87. The molecule has 0 aromatic heterocycles. The van der Waals surface area contributed by atoms with Crippen LogP contribution in [-0.4, -0.2) is 29.9 Å². The van der Waals surface area contributed by atoms with Gasteiger partial charge in [0, 0.05) is 13.0 Å². The van der Waals surface area contributed by atoms with E-state index in [0.717, 1.165) is 0 Å². The van der Waals surface area contributed by atoms with Gasteiger partial charge in [0.1, 0.15) is 5.50 Å². The predicted octanol–water partition coefficient (Wildman–Crippen LogP) is 0.680. The second-order valence-corrected chi connectivity index (χ2v) is 2.37. The molecule has 1 amide bonds. The average molecular weight is 182 g/mol. The molecule has 4 nitrogen and oxygen atoms in total. The Hall–Kier alpha value is -0.480. The van der Waals surface area contributed by atoms with E-state index in [4.69, 9.17) is 16.7 Å². The van der Waals surface area contributed by atoms with E-state index in [-0.39, 0.29) is 6.61 Å². The van der Waals surface area contributed by atoms with Crippen LogP contribution in [0.25, 0.3) is 0 Å². The molecule has 0 aliphatic carbocycles. The molecule has 0 saturated heterocycles. The van der Waals surface area contributed by atoms with Gasteiger partial charge in [-0.3, -0.25) is 0 Å². The zero-order valence-corrected chi connectivity index (χ0v) is 7.10. The maximum Gasteiger partial charge on any atom is 0.408 e. The van der Waals surface area contributed by atoms with Gasteiger partial charge in [0.05, 0.1) is 6.61 Å². The molecule has 0 fully saturated rings. The van der Waals surface area contributed by atoms with Crippen LogP contribution in [0.5, 0.6) is 0 Å². The lowest BCUT2D eigenvalue weighted by atomic mass is 10.4. The third-order valence-corrected chi connectivity index (χ3v) is 1.26. The zero-order chi connectivity index (χ0) is 8.69. The minimum absolute atomic E-state index is 0.0550. The molecule has 0 radical (unpaired) electrons. The van der Waals surface area contributed by atoms with Crippen molar-refractivity contribution in [3.05, 3.63) is 0 Å². The first-order valence-corrected chi connectivity index (χ1v) is 3.82. The van der Waals surface area contributed by atoms with Crippen LogP contribution in [0, 0.1) is 0 Å². The van der Waals surface area contributed by atoms with Crippen molar-refractivity contribution >= 4 is 17.7 Å². The molecule has 2 N–H and O–H groups in total. The van der Waals surface area contributed by atoms with Gasteiger partial charge in [-0.1, -0.05) is 11.6 Å². The summed E-state index contributed by atoms with van der Waals surface area (Å²) in [6, 6.07) is 0. The van der Waals surface area contributed by atoms with Gasteiger partial charge in [0.15, 0.2) is 0 Å². The van der Waals surface area contributed by atoms with Gasteiger partial charge in [-0.25, -0.2) is 4.79 Å². The second-order valence-electron chi connectivity index (χ2n) is 1.84. The lowest BCUT2D eigenvalue weighted by Crippen LogP contribution is -2.31. The summed E-state index contributed by atoms with van der Waals surface area (Å²) in [6.07, 6.45) is -0.235. The molecule has 0 bridgehead atoms. The maximum atomic E-state index is 10.6. The number of carbonyl (C=O) groups is 1. The number of aliphatic hydroxyl groups is 1. The molecule has 0 heterocycles. The smallest absolute Gasteiger partial charge is 0.408 e. The van der Waals surface area contributed by atoms with Crippen molar-refractivity contribution in [2.75, 3.05) is 13.2 Å². The summed E-state index contributed by atoms with van der Waals surface area (Å²) in [5.41, 5.74) is -0.556. The Morgan fingerprint density at radius 1 is 1.82 bits per heavy atom. The minimum atomic E-state index is -0.556. The number of alkyl carbamates (subject to hydrolysis) is 1. The van der Waals surface area contributed by atoms with Gasteiger partial charge >= 0.3 is 6.09 Å². The number of hydrogen-bond donors (Lipinski definition) is 2. The van der Waals surface area contributed by atoms with Crippen molar-refractivity contribution in [3.63, 3.8) is 0 Å². The first-order valence-electron chi connectivity index (χ1n) is 3.39. The van der Waals surface area contributed by atoms with Crippen LogP contribution < -0.4 is 5.32 Å². The third kappa shape index (κ3) is 5.94. The first-order chi connectivity index (χ1) is 5.20. The topological polar surface area (TPSA) is 58.6 Å². The van der Waals surface area contributed by atoms with Crippen molar-refractivity contribution in [3.8, 4) is 0 Å². The van der Waals surface area contributed by atoms with Crippen LogP contribution in [-0.2, 0) is 4.74 Å². The number of amides is 1. The molecule has 1 unspecified atom stereocenters. The number of carbonyl (C=O) groups excluding carboxylic acids is 1. The highest BCUT2D eigenvalue weighted by molar-refractivity contribution is 6.21. The SMILES string of the molecule is CCOC(=O)NC(Cl)CCO. The van der Waals surface area contributed by atoms with Crippen LogP contribution in [0.15, 0.2) is 0 Å². The van der Waals surface area contributed by atoms with E-state index >= 15 is 0 Å². The number of alkyl halides is 1. The van der Waals surface area contributed by atoms with Crippen molar-refractivity contribution < 1.29 is 14.6 Å². The summed E-state index contributed by atoms with van der Waals surface area (Å²) in [6.45, 7) is 1.96.